The van der Waals surface area contributed by atoms with Gasteiger partial charge in [0.25, 0.3) is 5.91 Å². The zero-order chi connectivity index (χ0) is 16.1. The molecule has 0 saturated carbocycles. The molecule has 22 heavy (non-hydrogen) atoms. The van der Waals surface area contributed by atoms with E-state index in [1.165, 1.54) is 19.4 Å². The molecule has 0 spiro atoms. The number of carbonyl (C=O) groups is 1. The summed E-state index contributed by atoms with van der Waals surface area (Å²) in [5.74, 6) is 0.218. The van der Waals surface area contributed by atoms with Gasteiger partial charge in [0.15, 0.2) is 0 Å². The van der Waals surface area contributed by atoms with E-state index < -0.39 is 0 Å². The number of methoxy groups -OCH3 is 1. The third kappa shape index (κ3) is 4.08. The first-order chi connectivity index (χ1) is 10.5. The van der Waals surface area contributed by atoms with Gasteiger partial charge in [-0.05, 0) is 57.9 Å². The van der Waals surface area contributed by atoms with Gasteiger partial charge in [-0.2, -0.15) is 5.10 Å². The highest BCUT2D eigenvalue weighted by Gasteiger charge is 2.11. The molecular weight excluding hydrogens is 416 g/mol. The first-order valence-electron chi connectivity index (χ1n) is 6.16. The Bertz CT molecular complexity index is 733. The van der Waals surface area contributed by atoms with E-state index in [1.807, 2.05) is 0 Å². The third-order valence-corrected chi connectivity index (χ3v) is 3.89. The fourth-order valence-electron chi connectivity index (χ4n) is 1.69. The highest BCUT2D eigenvalue weighted by atomic mass is 79.9. The summed E-state index contributed by atoms with van der Waals surface area (Å²) in [5.41, 5.74) is 3.54. The van der Waals surface area contributed by atoms with Gasteiger partial charge >= 0.3 is 0 Å². The quantitative estimate of drug-likeness (QED) is 0.577. The number of carbonyl (C=O) groups excluding carboxylic acids is 1. The zero-order valence-corrected chi connectivity index (χ0v) is 14.7. The van der Waals surface area contributed by atoms with E-state index in [-0.39, 0.29) is 11.7 Å². The van der Waals surface area contributed by atoms with Gasteiger partial charge in [-0.15, -0.1) is 0 Å². The van der Waals surface area contributed by atoms with Gasteiger partial charge < -0.3 is 9.84 Å². The van der Waals surface area contributed by atoms with E-state index in [2.05, 4.69) is 42.4 Å². The monoisotopic (exact) mass is 426 g/mol. The van der Waals surface area contributed by atoms with Crippen LogP contribution in [-0.2, 0) is 0 Å². The molecule has 5 nitrogen and oxygen atoms in total. The molecule has 0 aliphatic carbocycles. The smallest absolute Gasteiger partial charge is 0.275 e. The van der Waals surface area contributed by atoms with Gasteiger partial charge in [-0.1, -0.05) is 15.9 Å². The SMILES string of the molecule is COc1ccc(Br)cc1C(=O)N/N=C\c1ccc(O)c(Br)c1. The molecule has 0 bridgehead atoms. The number of hydrogen-bond donors (Lipinski definition) is 2. The highest BCUT2D eigenvalue weighted by molar-refractivity contribution is 9.10. The van der Waals surface area contributed by atoms with Gasteiger partial charge in [-0.25, -0.2) is 5.43 Å². The summed E-state index contributed by atoms with van der Waals surface area (Å²) in [6.45, 7) is 0. The number of phenolic OH excluding ortho intramolecular Hbond substituents is 1. The fraction of sp³-hybridized carbons (Fsp3) is 0.0667. The van der Waals surface area contributed by atoms with Crippen LogP contribution in [0.15, 0.2) is 50.4 Å². The Hall–Kier alpha value is -1.86. The largest absolute Gasteiger partial charge is 0.507 e. The van der Waals surface area contributed by atoms with Crippen LogP contribution in [0.1, 0.15) is 15.9 Å². The van der Waals surface area contributed by atoms with Crippen molar-refractivity contribution in [1.29, 1.82) is 0 Å². The van der Waals surface area contributed by atoms with Crippen molar-refractivity contribution in [3.8, 4) is 11.5 Å². The number of nitrogens with one attached hydrogen (secondary N) is 1. The lowest BCUT2D eigenvalue weighted by atomic mass is 10.2. The number of halogens is 2. The van der Waals surface area contributed by atoms with Gasteiger partial charge in [0, 0.05) is 4.47 Å². The zero-order valence-electron chi connectivity index (χ0n) is 11.5. The maximum absolute atomic E-state index is 12.1. The van der Waals surface area contributed by atoms with E-state index in [4.69, 9.17) is 4.74 Å². The third-order valence-electron chi connectivity index (χ3n) is 2.76. The van der Waals surface area contributed by atoms with Gasteiger partial charge in [-0.3, -0.25) is 4.79 Å². The summed E-state index contributed by atoms with van der Waals surface area (Å²) in [6.07, 6.45) is 1.48. The predicted octanol–water partition coefficient (Wildman–Crippen LogP) is 3.69. The van der Waals surface area contributed by atoms with Crippen LogP contribution in [0.4, 0.5) is 0 Å². The van der Waals surface area contributed by atoms with Crippen molar-refractivity contribution in [3.63, 3.8) is 0 Å². The number of rotatable bonds is 4. The van der Waals surface area contributed by atoms with Gasteiger partial charge in [0.1, 0.15) is 11.5 Å². The minimum atomic E-state index is -0.382. The molecule has 0 aliphatic heterocycles. The lowest BCUT2D eigenvalue weighted by molar-refractivity contribution is 0.0952. The molecule has 2 aromatic carbocycles. The molecule has 1 amide bonds. The summed E-state index contributed by atoms with van der Waals surface area (Å²) in [6, 6.07) is 10.0. The van der Waals surface area contributed by atoms with Crippen molar-refractivity contribution in [2.24, 2.45) is 5.10 Å². The van der Waals surface area contributed by atoms with Crippen molar-refractivity contribution in [1.82, 2.24) is 5.43 Å². The first-order valence-corrected chi connectivity index (χ1v) is 7.75. The Morgan fingerprint density at radius 2 is 2.05 bits per heavy atom. The van der Waals surface area contributed by atoms with Crippen LogP contribution in [0.25, 0.3) is 0 Å². The van der Waals surface area contributed by atoms with Crippen LogP contribution in [-0.4, -0.2) is 24.3 Å². The minimum absolute atomic E-state index is 0.139. The Balaban J connectivity index is 2.11. The second-order valence-corrected chi connectivity index (χ2v) is 6.02. The second-order valence-electron chi connectivity index (χ2n) is 4.25. The summed E-state index contributed by atoms with van der Waals surface area (Å²) >= 11 is 6.52. The average Bonchev–Trinajstić information content (AvgIpc) is 2.50. The van der Waals surface area contributed by atoms with E-state index in [0.29, 0.717) is 15.8 Å². The number of hydrogen-bond acceptors (Lipinski definition) is 4. The first kappa shape index (κ1) is 16.5. The number of aromatic hydroxyl groups is 1. The highest BCUT2D eigenvalue weighted by Crippen LogP contribution is 2.24. The van der Waals surface area contributed by atoms with Crippen LogP contribution in [0, 0.1) is 0 Å². The minimum Gasteiger partial charge on any atom is -0.507 e. The van der Waals surface area contributed by atoms with E-state index in [0.717, 1.165) is 10.0 Å². The Morgan fingerprint density at radius 1 is 1.27 bits per heavy atom. The van der Waals surface area contributed by atoms with Crippen LogP contribution in [0.2, 0.25) is 0 Å². The second kappa shape index (κ2) is 7.42. The molecule has 2 aromatic rings. The Morgan fingerprint density at radius 3 is 2.73 bits per heavy atom. The molecule has 0 radical (unpaired) electrons. The maximum atomic E-state index is 12.1. The molecule has 0 unspecified atom stereocenters. The lowest BCUT2D eigenvalue weighted by Crippen LogP contribution is -2.18. The predicted molar refractivity (Wildman–Crippen MR) is 91.6 cm³/mol. The topological polar surface area (TPSA) is 70.9 Å². The number of ether oxygens (including phenoxy) is 1. The van der Waals surface area contributed by atoms with Crippen molar-refractivity contribution in [2.75, 3.05) is 7.11 Å². The normalized spacial score (nSPS) is 10.7. The van der Waals surface area contributed by atoms with Crippen LogP contribution < -0.4 is 10.2 Å². The van der Waals surface area contributed by atoms with Crippen LogP contribution >= 0.6 is 31.9 Å². The van der Waals surface area contributed by atoms with E-state index in [1.54, 1.807) is 30.3 Å². The molecular formula is C15H12Br2N2O3. The molecule has 0 aliphatic rings. The summed E-state index contributed by atoms with van der Waals surface area (Å²) in [7, 11) is 1.50. The maximum Gasteiger partial charge on any atom is 0.275 e. The summed E-state index contributed by atoms with van der Waals surface area (Å²) in [4.78, 5) is 12.1. The molecule has 0 fully saturated rings. The molecule has 2 N–H and O–H groups in total. The van der Waals surface area contributed by atoms with Crippen molar-refractivity contribution in [3.05, 3.63) is 56.5 Å². The lowest BCUT2D eigenvalue weighted by Gasteiger charge is -2.07. The van der Waals surface area contributed by atoms with E-state index >= 15 is 0 Å². The summed E-state index contributed by atoms with van der Waals surface area (Å²) < 4.78 is 6.47. The van der Waals surface area contributed by atoms with E-state index in [9.17, 15) is 9.90 Å². The molecule has 0 heterocycles. The Kier molecular flexibility index (Phi) is 5.57. The fourth-order valence-corrected chi connectivity index (χ4v) is 2.44. The van der Waals surface area contributed by atoms with Crippen molar-refractivity contribution < 1.29 is 14.6 Å². The number of phenols is 1. The van der Waals surface area contributed by atoms with Crippen molar-refractivity contribution in [2.45, 2.75) is 0 Å². The molecule has 2 rings (SSSR count). The van der Waals surface area contributed by atoms with Crippen LogP contribution in [0.3, 0.4) is 0 Å². The Labute approximate surface area is 144 Å². The standard InChI is InChI=1S/C15H12Br2N2O3/c1-22-14-5-3-10(16)7-11(14)15(21)19-18-8-9-2-4-13(20)12(17)6-9/h2-8,20H,1H3,(H,19,21)/b18-8-. The number of amides is 1. The molecule has 114 valence electrons. The van der Waals surface area contributed by atoms with Crippen LogP contribution in [0.5, 0.6) is 11.5 Å². The van der Waals surface area contributed by atoms with Gasteiger partial charge in [0.05, 0.1) is 23.4 Å². The number of hydrazone groups is 1. The summed E-state index contributed by atoms with van der Waals surface area (Å²) in [5, 5.41) is 13.3. The molecule has 0 saturated heterocycles. The average molecular weight is 428 g/mol. The molecule has 7 heteroatoms. The molecule has 0 atom stereocenters. The number of nitrogens with zero attached hydrogens (tertiary/aromatic N) is 1. The molecule has 0 aromatic heterocycles. The van der Waals surface area contributed by atoms with Gasteiger partial charge in [0.2, 0.25) is 0 Å². The van der Waals surface area contributed by atoms with Crippen molar-refractivity contribution >= 4 is 44.0 Å². The number of benzene rings is 2.